The number of hydrogen-bond donors (Lipinski definition) is 4. The van der Waals surface area contributed by atoms with Crippen LogP contribution in [0.5, 0.6) is 0 Å². The Balaban J connectivity index is 1.73. The monoisotopic (exact) mass is 468 g/mol. The molecule has 1 saturated carbocycles. The summed E-state index contributed by atoms with van der Waals surface area (Å²) in [6, 6.07) is 9.84. The molecule has 0 bridgehead atoms. The first-order valence-corrected chi connectivity index (χ1v) is 11.3. The van der Waals surface area contributed by atoms with Crippen LogP contribution in [-0.2, 0) is 4.79 Å². The molecule has 2 aromatic rings. The van der Waals surface area contributed by atoms with Gasteiger partial charge in [-0.05, 0) is 42.7 Å². The molecule has 0 aliphatic heterocycles. The maximum absolute atomic E-state index is 13.1. The summed E-state index contributed by atoms with van der Waals surface area (Å²) in [5, 5.41) is 9.23. The largest absolute Gasteiger partial charge is 0.403 e. The highest BCUT2D eigenvalue weighted by molar-refractivity contribution is 6.29. The zero-order valence-corrected chi connectivity index (χ0v) is 19.3. The Morgan fingerprint density at radius 3 is 2.70 bits per heavy atom. The van der Waals surface area contributed by atoms with Gasteiger partial charge in [0.15, 0.2) is 0 Å². The first-order chi connectivity index (χ1) is 16.0. The number of nitrogens with zero attached hydrogens (tertiary/aromatic N) is 2. The number of amides is 2. The molecule has 1 aromatic carbocycles. The number of pyridine rings is 1. The lowest BCUT2D eigenvalue weighted by molar-refractivity contribution is -0.122. The molecule has 8 nitrogen and oxygen atoms in total. The Bertz CT molecular complexity index is 1030. The molecule has 1 fully saturated rings. The molecule has 33 heavy (non-hydrogen) atoms. The highest BCUT2D eigenvalue weighted by Gasteiger charge is 2.27. The van der Waals surface area contributed by atoms with E-state index >= 15 is 0 Å². The molecule has 1 unspecified atom stereocenters. The molecule has 0 saturated heterocycles. The average Bonchev–Trinajstić information content (AvgIpc) is 3.31. The van der Waals surface area contributed by atoms with Gasteiger partial charge in [-0.3, -0.25) is 14.6 Å². The normalized spacial score (nSPS) is 15.4. The van der Waals surface area contributed by atoms with Crippen LogP contribution in [-0.4, -0.2) is 36.1 Å². The smallest absolute Gasteiger partial charge is 0.252 e. The van der Waals surface area contributed by atoms with E-state index in [1.807, 2.05) is 6.07 Å². The molecular weight excluding hydrogens is 440 g/mol. The molecule has 1 aliphatic carbocycles. The quantitative estimate of drug-likeness (QED) is 0.329. The van der Waals surface area contributed by atoms with Crippen LogP contribution in [0, 0.1) is 5.92 Å². The van der Waals surface area contributed by atoms with Gasteiger partial charge >= 0.3 is 0 Å². The molecular formula is C24H29ClN6O2. The van der Waals surface area contributed by atoms with Gasteiger partial charge in [-0.1, -0.05) is 43.4 Å². The minimum absolute atomic E-state index is 0.312. The Hall–Kier alpha value is -3.39. The van der Waals surface area contributed by atoms with Crippen LogP contribution in [0.2, 0.25) is 5.15 Å². The molecule has 1 heterocycles. The number of carbonyl (C=O) groups is 2. The van der Waals surface area contributed by atoms with E-state index in [0.29, 0.717) is 34.4 Å². The predicted octanol–water partition coefficient (Wildman–Crippen LogP) is 3.77. The standard InChI is InChI=1S/C24H29ClN6O2/c1-27-15-20(14-26)30-24(33)21(11-16-5-2-3-6-16)31-23(32)17-7-4-8-18(12-17)29-19-9-10-28-22(25)13-19/h4,7-10,12-16,21H,2-3,5-6,11,26H2,1H3,(H,28,29)(H,30,33)(H,31,32)/b20-14+,27-15?. The zero-order chi connectivity index (χ0) is 23.6. The Kier molecular flexibility index (Phi) is 8.83. The van der Waals surface area contributed by atoms with Crippen LogP contribution in [0.3, 0.4) is 0 Å². The van der Waals surface area contributed by atoms with E-state index in [1.54, 1.807) is 43.6 Å². The van der Waals surface area contributed by atoms with E-state index in [1.165, 1.54) is 12.4 Å². The summed E-state index contributed by atoms with van der Waals surface area (Å²) < 4.78 is 0. The number of aromatic nitrogens is 1. The fourth-order valence-corrected chi connectivity index (χ4v) is 4.10. The molecule has 1 atom stereocenters. The van der Waals surface area contributed by atoms with E-state index in [-0.39, 0.29) is 11.8 Å². The van der Waals surface area contributed by atoms with E-state index < -0.39 is 6.04 Å². The molecule has 2 amide bonds. The lowest BCUT2D eigenvalue weighted by atomic mass is 9.97. The second kappa shape index (κ2) is 12.0. The number of nitrogens with two attached hydrogens (primary N) is 1. The molecule has 5 N–H and O–H groups in total. The van der Waals surface area contributed by atoms with Crippen LogP contribution < -0.4 is 21.7 Å². The van der Waals surface area contributed by atoms with Crippen molar-refractivity contribution in [3.63, 3.8) is 0 Å². The van der Waals surface area contributed by atoms with Gasteiger partial charge in [0.2, 0.25) is 5.91 Å². The van der Waals surface area contributed by atoms with Crippen molar-refractivity contribution in [2.24, 2.45) is 16.6 Å². The molecule has 9 heteroatoms. The van der Waals surface area contributed by atoms with E-state index in [2.05, 4.69) is 25.9 Å². The van der Waals surface area contributed by atoms with Crippen LogP contribution in [0.25, 0.3) is 0 Å². The number of aliphatic imine (C=N–C) groups is 1. The number of anilines is 2. The predicted molar refractivity (Wildman–Crippen MR) is 132 cm³/mol. The van der Waals surface area contributed by atoms with Gasteiger partial charge in [-0.15, -0.1) is 0 Å². The summed E-state index contributed by atoms with van der Waals surface area (Å²) in [6.45, 7) is 0. The zero-order valence-electron chi connectivity index (χ0n) is 18.6. The Labute approximate surface area is 198 Å². The maximum Gasteiger partial charge on any atom is 0.252 e. The maximum atomic E-state index is 13.1. The molecule has 174 valence electrons. The fraction of sp³-hybridized carbons (Fsp3) is 0.333. The fourth-order valence-electron chi connectivity index (χ4n) is 3.92. The van der Waals surface area contributed by atoms with Crippen LogP contribution in [0.1, 0.15) is 42.5 Å². The van der Waals surface area contributed by atoms with Gasteiger partial charge in [-0.2, -0.15) is 0 Å². The van der Waals surface area contributed by atoms with E-state index in [9.17, 15) is 9.59 Å². The SMILES string of the molecule is CN=C/C(=C\N)NC(=O)C(CC1CCCC1)NC(=O)c1cccc(Nc2ccnc(Cl)c2)c1. The Morgan fingerprint density at radius 1 is 1.24 bits per heavy atom. The second-order valence-electron chi connectivity index (χ2n) is 7.98. The van der Waals surface area contributed by atoms with Gasteiger partial charge in [0.25, 0.3) is 5.91 Å². The van der Waals surface area contributed by atoms with Crippen molar-refractivity contribution in [1.29, 1.82) is 0 Å². The summed E-state index contributed by atoms with van der Waals surface area (Å²) in [6.07, 6.45) is 9.33. The number of benzene rings is 1. The average molecular weight is 469 g/mol. The van der Waals surface area contributed by atoms with Gasteiger partial charge in [0, 0.05) is 42.6 Å². The minimum Gasteiger partial charge on any atom is -0.403 e. The van der Waals surface area contributed by atoms with Crippen molar-refractivity contribution in [2.45, 2.75) is 38.1 Å². The topological polar surface area (TPSA) is 121 Å². The number of rotatable bonds is 9. The van der Waals surface area contributed by atoms with Crippen molar-refractivity contribution in [2.75, 3.05) is 12.4 Å². The van der Waals surface area contributed by atoms with Crippen molar-refractivity contribution in [3.8, 4) is 0 Å². The van der Waals surface area contributed by atoms with Crippen molar-refractivity contribution >= 4 is 41.0 Å². The molecule has 1 aliphatic rings. The van der Waals surface area contributed by atoms with Gasteiger partial charge in [0.05, 0.1) is 5.70 Å². The summed E-state index contributed by atoms with van der Waals surface area (Å²) in [5.74, 6) is -0.241. The molecule has 1 aromatic heterocycles. The van der Waals surface area contributed by atoms with E-state index in [0.717, 1.165) is 31.4 Å². The van der Waals surface area contributed by atoms with Crippen molar-refractivity contribution in [3.05, 3.63) is 65.2 Å². The highest BCUT2D eigenvalue weighted by Crippen LogP contribution is 2.29. The highest BCUT2D eigenvalue weighted by atomic mass is 35.5. The van der Waals surface area contributed by atoms with Crippen molar-refractivity contribution < 1.29 is 9.59 Å². The number of allylic oxidation sites excluding steroid dienone is 1. The third-order valence-electron chi connectivity index (χ3n) is 5.52. The van der Waals surface area contributed by atoms with Crippen LogP contribution in [0.15, 0.2) is 59.5 Å². The number of hydrogen-bond acceptors (Lipinski definition) is 6. The summed E-state index contributed by atoms with van der Waals surface area (Å²) in [7, 11) is 1.59. The lowest BCUT2D eigenvalue weighted by Crippen LogP contribution is -2.47. The van der Waals surface area contributed by atoms with Crippen LogP contribution >= 0.6 is 11.6 Å². The van der Waals surface area contributed by atoms with E-state index in [4.69, 9.17) is 17.3 Å². The van der Waals surface area contributed by atoms with Gasteiger partial charge in [0.1, 0.15) is 11.2 Å². The first kappa shape index (κ1) is 24.3. The van der Waals surface area contributed by atoms with Crippen molar-refractivity contribution in [1.82, 2.24) is 15.6 Å². The van der Waals surface area contributed by atoms with Gasteiger partial charge < -0.3 is 21.7 Å². The summed E-state index contributed by atoms with van der Waals surface area (Å²) >= 11 is 5.94. The molecule has 0 radical (unpaired) electrons. The van der Waals surface area contributed by atoms with Gasteiger partial charge in [-0.25, -0.2) is 4.98 Å². The lowest BCUT2D eigenvalue weighted by Gasteiger charge is -2.22. The second-order valence-corrected chi connectivity index (χ2v) is 8.37. The summed E-state index contributed by atoms with van der Waals surface area (Å²) in [4.78, 5) is 33.9. The number of carbonyl (C=O) groups excluding carboxylic acids is 2. The third kappa shape index (κ3) is 7.32. The molecule has 3 rings (SSSR count). The minimum atomic E-state index is -0.684. The Morgan fingerprint density at radius 2 is 2.00 bits per heavy atom. The summed E-state index contributed by atoms with van der Waals surface area (Å²) in [5.41, 5.74) is 7.87. The third-order valence-corrected chi connectivity index (χ3v) is 5.73. The first-order valence-electron chi connectivity index (χ1n) is 10.9. The van der Waals surface area contributed by atoms with Crippen LogP contribution in [0.4, 0.5) is 11.4 Å². The number of halogens is 1. The number of nitrogens with one attached hydrogen (secondary N) is 3. The molecule has 0 spiro atoms.